The zero-order valence-corrected chi connectivity index (χ0v) is 24.5. The monoisotopic (exact) mass is 596 g/mol. The second kappa shape index (κ2) is 15.0. The van der Waals surface area contributed by atoms with E-state index in [0.717, 1.165) is 29.2 Å². The Morgan fingerprint density at radius 1 is 0.905 bits per heavy atom. The van der Waals surface area contributed by atoms with Crippen molar-refractivity contribution in [3.05, 3.63) is 107 Å². The Hall–Kier alpha value is -3.64. The molecule has 0 spiro atoms. The molecule has 0 aromatic heterocycles. The lowest BCUT2D eigenvalue weighted by atomic mass is 10.0. The first-order chi connectivity index (χ1) is 20.2. The molecule has 1 aliphatic rings. The number of morpholine rings is 1. The van der Waals surface area contributed by atoms with E-state index in [1.165, 1.54) is 17.0 Å². The standard InChI is InChI=1S/C31H37FN4O5S/c1-42(39,40)35(22-25-8-4-2-5-9-25)24-29(37)36(23-26-12-14-28(32)15-13-26)30(27-10-6-3-7-11-27)31(38)33-16-17-34-18-20-41-21-19-34/h2-15,30H,16-24H2,1H3,(H,33,38)/t30-/m1/s1. The molecule has 0 radical (unpaired) electrons. The Labute approximate surface area is 246 Å². The Morgan fingerprint density at radius 2 is 1.50 bits per heavy atom. The average Bonchev–Trinajstić information content (AvgIpc) is 2.98. The molecule has 224 valence electrons. The van der Waals surface area contributed by atoms with Gasteiger partial charge in [0.25, 0.3) is 0 Å². The minimum Gasteiger partial charge on any atom is -0.379 e. The number of nitrogens with zero attached hydrogens (tertiary/aromatic N) is 3. The first kappa shape index (κ1) is 31.3. The summed E-state index contributed by atoms with van der Waals surface area (Å²) in [7, 11) is -3.79. The van der Waals surface area contributed by atoms with Crippen LogP contribution in [0.3, 0.4) is 0 Å². The molecule has 2 amide bonds. The van der Waals surface area contributed by atoms with Crippen LogP contribution in [0.1, 0.15) is 22.7 Å². The number of ether oxygens (including phenoxy) is 1. The molecule has 42 heavy (non-hydrogen) atoms. The molecule has 0 unspecified atom stereocenters. The van der Waals surface area contributed by atoms with Crippen LogP contribution in [-0.4, -0.2) is 86.5 Å². The largest absolute Gasteiger partial charge is 0.379 e. The van der Waals surface area contributed by atoms with Crippen LogP contribution in [0.5, 0.6) is 0 Å². The summed E-state index contributed by atoms with van der Waals surface area (Å²) in [5.74, 6) is -1.38. The number of nitrogens with one attached hydrogen (secondary N) is 1. The van der Waals surface area contributed by atoms with Crippen molar-refractivity contribution in [3.63, 3.8) is 0 Å². The van der Waals surface area contributed by atoms with E-state index in [1.807, 2.05) is 12.1 Å². The summed E-state index contributed by atoms with van der Waals surface area (Å²) >= 11 is 0. The number of hydrogen-bond acceptors (Lipinski definition) is 6. The normalized spacial score (nSPS) is 14.8. The van der Waals surface area contributed by atoms with Gasteiger partial charge in [-0.15, -0.1) is 0 Å². The van der Waals surface area contributed by atoms with Crippen LogP contribution in [-0.2, 0) is 37.4 Å². The van der Waals surface area contributed by atoms with Gasteiger partial charge in [-0.2, -0.15) is 4.31 Å². The van der Waals surface area contributed by atoms with Gasteiger partial charge in [-0.3, -0.25) is 14.5 Å². The summed E-state index contributed by atoms with van der Waals surface area (Å²) in [5.41, 5.74) is 1.90. The first-order valence-electron chi connectivity index (χ1n) is 13.9. The average molecular weight is 597 g/mol. The molecule has 1 saturated heterocycles. The van der Waals surface area contributed by atoms with Gasteiger partial charge in [-0.25, -0.2) is 12.8 Å². The van der Waals surface area contributed by atoms with Gasteiger partial charge in [-0.05, 0) is 28.8 Å². The number of carbonyl (C=O) groups is 2. The van der Waals surface area contributed by atoms with Crippen molar-refractivity contribution >= 4 is 21.8 Å². The van der Waals surface area contributed by atoms with Crippen LogP contribution in [0, 0.1) is 5.82 Å². The van der Waals surface area contributed by atoms with E-state index >= 15 is 0 Å². The second-order valence-electron chi connectivity index (χ2n) is 10.2. The molecule has 1 N–H and O–H groups in total. The number of carbonyl (C=O) groups excluding carboxylic acids is 2. The summed E-state index contributed by atoms with van der Waals surface area (Å²) < 4.78 is 45.8. The highest BCUT2D eigenvalue weighted by molar-refractivity contribution is 7.88. The summed E-state index contributed by atoms with van der Waals surface area (Å²) in [6.45, 7) is 3.31. The third kappa shape index (κ3) is 9.18. The van der Waals surface area contributed by atoms with E-state index in [-0.39, 0.29) is 19.0 Å². The molecule has 1 aliphatic heterocycles. The first-order valence-corrected chi connectivity index (χ1v) is 15.7. The number of sulfonamides is 1. The molecule has 9 nitrogen and oxygen atoms in total. The Morgan fingerprint density at radius 3 is 2.12 bits per heavy atom. The molecule has 1 heterocycles. The van der Waals surface area contributed by atoms with Gasteiger partial charge in [0.1, 0.15) is 11.9 Å². The summed E-state index contributed by atoms with van der Waals surface area (Å²) in [5, 5.41) is 2.98. The van der Waals surface area contributed by atoms with Gasteiger partial charge in [0.2, 0.25) is 21.8 Å². The molecule has 11 heteroatoms. The lowest BCUT2D eigenvalue weighted by molar-refractivity contribution is -0.141. The molecular formula is C31H37FN4O5S. The van der Waals surface area contributed by atoms with Crippen LogP contribution in [0.25, 0.3) is 0 Å². The van der Waals surface area contributed by atoms with Crippen molar-refractivity contribution in [1.29, 1.82) is 0 Å². The minimum atomic E-state index is -3.79. The van der Waals surface area contributed by atoms with E-state index in [4.69, 9.17) is 4.74 Å². The maximum absolute atomic E-state index is 14.0. The number of hydrogen-bond donors (Lipinski definition) is 1. The Bertz CT molecular complexity index is 1400. The van der Waals surface area contributed by atoms with Crippen molar-refractivity contribution in [3.8, 4) is 0 Å². The molecule has 3 aromatic rings. The molecule has 1 atom stereocenters. The van der Waals surface area contributed by atoms with Crippen LogP contribution < -0.4 is 5.32 Å². The van der Waals surface area contributed by atoms with Crippen molar-refractivity contribution in [1.82, 2.24) is 19.4 Å². The molecule has 1 fully saturated rings. The van der Waals surface area contributed by atoms with E-state index in [2.05, 4.69) is 10.2 Å². The van der Waals surface area contributed by atoms with Crippen molar-refractivity contribution in [2.45, 2.75) is 19.1 Å². The minimum absolute atomic E-state index is 0.00243. The Kier molecular flexibility index (Phi) is 11.2. The summed E-state index contributed by atoms with van der Waals surface area (Å²) in [6.07, 6.45) is 1.06. The van der Waals surface area contributed by atoms with E-state index < -0.39 is 34.3 Å². The second-order valence-corrected chi connectivity index (χ2v) is 12.2. The third-order valence-corrected chi connectivity index (χ3v) is 8.27. The fourth-order valence-corrected chi connectivity index (χ4v) is 5.52. The SMILES string of the molecule is CS(=O)(=O)N(CC(=O)N(Cc1ccc(F)cc1)[C@@H](C(=O)NCCN1CCOCC1)c1ccccc1)Cc1ccccc1. The number of rotatable bonds is 13. The number of halogens is 1. The van der Waals surface area contributed by atoms with Gasteiger partial charge < -0.3 is 15.0 Å². The van der Waals surface area contributed by atoms with Crippen molar-refractivity contribution < 1.29 is 27.1 Å². The molecule has 0 bridgehead atoms. The lowest BCUT2D eigenvalue weighted by Crippen LogP contribution is -2.49. The van der Waals surface area contributed by atoms with Gasteiger partial charge in [0.15, 0.2) is 0 Å². The van der Waals surface area contributed by atoms with E-state index in [9.17, 15) is 22.4 Å². The molecule has 4 rings (SSSR count). The van der Waals surface area contributed by atoms with Crippen molar-refractivity contribution in [2.75, 3.05) is 52.2 Å². The van der Waals surface area contributed by atoms with Gasteiger partial charge in [0, 0.05) is 39.3 Å². The maximum atomic E-state index is 14.0. The highest BCUT2D eigenvalue weighted by Gasteiger charge is 2.33. The zero-order chi connectivity index (χ0) is 30.0. The maximum Gasteiger partial charge on any atom is 0.247 e. The van der Waals surface area contributed by atoms with Gasteiger partial charge in [-0.1, -0.05) is 72.8 Å². The topological polar surface area (TPSA) is 99.3 Å². The van der Waals surface area contributed by atoms with Crippen LogP contribution in [0.4, 0.5) is 4.39 Å². The fraction of sp³-hybridized carbons (Fsp3) is 0.355. The number of amides is 2. The van der Waals surface area contributed by atoms with Gasteiger partial charge in [0.05, 0.1) is 26.0 Å². The third-order valence-electron chi connectivity index (χ3n) is 7.08. The van der Waals surface area contributed by atoms with E-state index in [0.29, 0.717) is 37.4 Å². The smallest absolute Gasteiger partial charge is 0.247 e. The predicted octanol–water partition coefficient (Wildman–Crippen LogP) is 2.81. The van der Waals surface area contributed by atoms with Crippen molar-refractivity contribution in [2.24, 2.45) is 0 Å². The highest BCUT2D eigenvalue weighted by Crippen LogP contribution is 2.25. The van der Waals surface area contributed by atoms with Crippen LogP contribution in [0.2, 0.25) is 0 Å². The van der Waals surface area contributed by atoms with Gasteiger partial charge >= 0.3 is 0 Å². The quantitative estimate of drug-likeness (QED) is 0.326. The lowest BCUT2D eigenvalue weighted by Gasteiger charge is -2.33. The molecule has 3 aromatic carbocycles. The van der Waals surface area contributed by atoms with E-state index in [1.54, 1.807) is 60.7 Å². The summed E-state index contributed by atoms with van der Waals surface area (Å²) in [6, 6.07) is 22.5. The highest BCUT2D eigenvalue weighted by atomic mass is 32.2. The zero-order valence-electron chi connectivity index (χ0n) is 23.7. The molecular weight excluding hydrogens is 559 g/mol. The Balaban J connectivity index is 1.63. The van der Waals surface area contributed by atoms with Crippen LogP contribution >= 0.6 is 0 Å². The predicted molar refractivity (Wildman–Crippen MR) is 158 cm³/mol. The van der Waals surface area contributed by atoms with Crippen LogP contribution in [0.15, 0.2) is 84.9 Å². The summed E-state index contributed by atoms with van der Waals surface area (Å²) in [4.78, 5) is 31.4. The molecule has 0 saturated carbocycles. The number of benzene rings is 3. The fourth-order valence-electron chi connectivity index (χ4n) is 4.80. The molecule has 0 aliphatic carbocycles.